The molecule has 4 aromatic heterocycles. The van der Waals surface area contributed by atoms with Crippen LogP contribution >= 0.6 is 22.9 Å². The first-order chi connectivity index (χ1) is 9.31. The van der Waals surface area contributed by atoms with Crippen LogP contribution in [0.2, 0.25) is 5.15 Å². The molecule has 0 unspecified atom stereocenters. The Bertz CT molecular complexity index is 894. The molecule has 5 heteroatoms. The maximum absolute atomic E-state index is 5.99. The summed E-state index contributed by atoms with van der Waals surface area (Å²) in [5.41, 5.74) is 4.12. The summed E-state index contributed by atoms with van der Waals surface area (Å²) in [6.45, 7) is 0. The minimum Gasteiger partial charge on any atom is -0.306 e. The van der Waals surface area contributed by atoms with E-state index < -0.39 is 0 Å². The van der Waals surface area contributed by atoms with E-state index in [0.717, 1.165) is 27.0 Å². The van der Waals surface area contributed by atoms with Crippen molar-refractivity contribution in [3.05, 3.63) is 53.4 Å². The van der Waals surface area contributed by atoms with Gasteiger partial charge in [0.15, 0.2) is 0 Å². The number of fused-ring (bicyclic) bond motifs is 2. The topological polar surface area (TPSA) is 30.2 Å². The van der Waals surface area contributed by atoms with Crippen LogP contribution in [0.15, 0.2) is 48.2 Å². The number of imidazole rings is 1. The molecule has 0 saturated carbocycles. The van der Waals surface area contributed by atoms with E-state index >= 15 is 0 Å². The van der Waals surface area contributed by atoms with Gasteiger partial charge in [-0.15, -0.1) is 11.3 Å². The summed E-state index contributed by atoms with van der Waals surface area (Å²) in [4.78, 5) is 8.68. The molecule has 0 aliphatic heterocycles. The molecule has 3 nitrogen and oxygen atoms in total. The van der Waals surface area contributed by atoms with E-state index in [-0.39, 0.29) is 0 Å². The van der Waals surface area contributed by atoms with Crippen LogP contribution < -0.4 is 0 Å². The van der Waals surface area contributed by atoms with Gasteiger partial charge in [-0.3, -0.25) is 0 Å². The number of pyridine rings is 2. The van der Waals surface area contributed by atoms with Gasteiger partial charge in [0.25, 0.3) is 0 Å². The molecule has 0 radical (unpaired) electrons. The Labute approximate surface area is 118 Å². The predicted octanol–water partition coefficient (Wildman–Crippen LogP) is 4.26. The van der Waals surface area contributed by atoms with Gasteiger partial charge < -0.3 is 4.40 Å². The van der Waals surface area contributed by atoms with Gasteiger partial charge in [-0.25, -0.2) is 9.97 Å². The monoisotopic (exact) mass is 285 g/mol. The molecule has 0 atom stereocenters. The maximum Gasteiger partial charge on any atom is 0.136 e. The fourth-order valence-electron chi connectivity index (χ4n) is 2.17. The number of aromatic nitrogens is 3. The minimum atomic E-state index is 0.524. The molecular weight excluding hydrogens is 278 g/mol. The smallest absolute Gasteiger partial charge is 0.136 e. The molecule has 4 rings (SSSR count). The zero-order valence-corrected chi connectivity index (χ0v) is 11.3. The van der Waals surface area contributed by atoms with Crippen molar-refractivity contribution in [3.63, 3.8) is 0 Å². The Morgan fingerprint density at radius 2 is 2.11 bits per heavy atom. The quantitative estimate of drug-likeness (QED) is 0.489. The molecule has 92 valence electrons. The predicted molar refractivity (Wildman–Crippen MR) is 78.8 cm³/mol. The number of halogens is 1. The third-order valence-corrected chi connectivity index (χ3v) is 4.23. The Morgan fingerprint density at radius 1 is 1.16 bits per heavy atom. The molecule has 0 saturated heterocycles. The summed E-state index contributed by atoms with van der Waals surface area (Å²) in [5.74, 6) is 0. The summed E-state index contributed by atoms with van der Waals surface area (Å²) in [5, 5.41) is 2.64. The highest BCUT2D eigenvalue weighted by Gasteiger charge is 2.09. The maximum atomic E-state index is 5.99. The van der Waals surface area contributed by atoms with E-state index in [4.69, 9.17) is 11.6 Å². The van der Waals surface area contributed by atoms with Crippen molar-refractivity contribution in [3.8, 4) is 11.1 Å². The fourth-order valence-corrected chi connectivity index (χ4v) is 3.23. The highest BCUT2D eigenvalue weighted by Crippen LogP contribution is 2.33. The van der Waals surface area contributed by atoms with Crippen LogP contribution in [0.4, 0.5) is 0 Å². The number of rotatable bonds is 1. The third-order valence-electron chi connectivity index (χ3n) is 3.08. The van der Waals surface area contributed by atoms with Crippen molar-refractivity contribution in [2.75, 3.05) is 0 Å². The number of hydrogen-bond donors (Lipinski definition) is 0. The lowest BCUT2D eigenvalue weighted by Gasteiger charge is -2.01. The molecule has 19 heavy (non-hydrogen) atoms. The minimum absolute atomic E-state index is 0.524. The molecule has 4 heterocycles. The second-order valence-corrected chi connectivity index (χ2v) is 5.54. The zero-order valence-electron chi connectivity index (χ0n) is 9.75. The number of nitrogens with zero attached hydrogens (tertiary/aromatic N) is 3. The van der Waals surface area contributed by atoms with E-state index in [9.17, 15) is 0 Å². The lowest BCUT2D eigenvalue weighted by Crippen LogP contribution is -1.85. The molecule has 0 aliphatic rings. The largest absolute Gasteiger partial charge is 0.306 e. The molecule has 0 N–H and O–H groups in total. The van der Waals surface area contributed by atoms with E-state index in [1.165, 1.54) is 0 Å². The molecule has 4 aromatic rings. The van der Waals surface area contributed by atoms with Crippen LogP contribution in [0.5, 0.6) is 0 Å². The Hall–Kier alpha value is -1.91. The van der Waals surface area contributed by atoms with Gasteiger partial charge >= 0.3 is 0 Å². The van der Waals surface area contributed by atoms with Crippen LogP contribution in [0.3, 0.4) is 0 Å². The summed E-state index contributed by atoms with van der Waals surface area (Å²) in [7, 11) is 0. The average Bonchev–Trinajstić information content (AvgIpc) is 3.03. The summed E-state index contributed by atoms with van der Waals surface area (Å²) in [6, 6.07) is 7.90. The fraction of sp³-hybridized carbons (Fsp3) is 0. The summed E-state index contributed by atoms with van der Waals surface area (Å²) >= 11 is 7.67. The van der Waals surface area contributed by atoms with Crippen LogP contribution in [-0.4, -0.2) is 14.4 Å². The number of thiophene rings is 1. The highest BCUT2D eigenvalue weighted by molar-refractivity contribution is 7.17. The standard InChI is InChI=1S/C14H8ClN3S/c15-12-3-2-11-14(17-12)10(8-19-11)9-1-4-13-16-5-6-18(13)7-9/h1-8H. The van der Waals surface area contributed by atoms with Gasteiger partial charge in [0.1, 0.15) is 10.8 Å². The van der Waals surface area contributed by atoms with Gasteiger partial charge in [-0.2, -0.15) is 0 Å². The van der Waals surface area contributed by atoms with Crippen molar-refractivity contribution in [1.29, 1.82) is 0 Å². The van der Waals surface area contributed by atoms with Crippen molar-refractivity contribution in [1.82, 2.24) is 14.4 Å². The van der Waals surface area contributed by atoms with Crippen molar-refractivity contribution >= 4 is 38.8 Å². The molecule has 0 amide bonds. The van der Waals surface area contributed by atoms with Gasteiger partial charge in [0, 0.05) is 35.1 Å². The molecule has 0 spiro atoms. The SMILES string of the molecule is Clc1ccc2scc(-c3ccc4nccn4c3)c2n1. The third kappa shape index (κ3) is 1.72. The molecule has 0 fully saturated rings. The van der Waals surface area contributed by atoms with E-state index in [1.807, 2.05) is 28.8 Å². The molecule has 0 bridgehead atoms. The first kappa shape index (κ1) is 11.0. The highest BCUT2D eigenvalue weighted by atomic mass is 35.5. The number of hydrogen-bond acceptors (Lipinski definition) is 3. The van der Waals surface area contributed by atoms with Crippen LogP contribution in [-0.2, 0) is 0 Å². The van der Waals surface area contributed by atoms with Gasteiger partial charge in [0.2, 0.25) is 0 Å². The summed E-state index contributed by atoms with van der Waals surface area (Å²) < 4.78 is 3.15. The first-order valence-corrected chi connectivity index (χ1v) is 7.04. The second kappa shape index (κ2) is 4.05. The lowest BCUT2D eigenvalue weighted by atomic mass is 10.1. The zero-order chi connectivity index (χ0) is 12.8. The van der Waals surface area contributed by atoms with Crippen LogP contribution in [0.1, 0.15) is 0 Å². The molecular formula is C14H8ClN3S. The van der Waals surface area contributed by atoms with E-state index in [0.29, 0.717) is 5.15 Å². The van der Waals surface area contributed by atoms with Crippen molar-refractivity contribution in [2.45, 2.75) is 0 Å². The van der Waals surface area contributed by atoms with Crippen molar-refractivity contribution in [2.24, 2.45) is 0 Å². The average molecular weight is 286 g/mol. The van der Waals surface area contributed by atoms with Crippen LogP contribution in [0, 0.1) is 0 Å². The Balaban J connectivity index is 2.00. The molecule has 0 aliphatic carbocycles. The van der Waals surface area contributed by atoms with Crippen molar-refractivity contribution < 1.29 is 0 Å². The normalized spacial score (nSPS) is 11.4. The van der Waals surface area contributed by atoms with E-state index in [2.05, 4.69) is 27.6 Å². The summed E-state index contributed by atoms with van der Waals surface area (Å²) in [6.07, 6.45) is 5.79. The molecule has 0 aromatic carbocycles. The van der Waals surface area contributed by atoms with Crippen LogP contribution in [0.25, 0.3) is 27.0 Å². The lowest BCUT2D eigenvalue weighted by molar-refractivity contribution is 1.19. The second-order valence-electron chi connectivity index (χ2n) is 4.24. The Morgan fingerprint density at radius 3 is 3.05 bits per heavy atom. The van der Waals surface area contributed by atoms with Gasteiger partial charge in [-0.1, -0.05) is 11.6 Å². The van der Waals surface area contributed by atoms with Gasteiger partial charge in [0.05, 0.1) is 10.2 Å². The first-order valence-electron chi connectivity index (χ1n) is 5.78. The van der Waals surface area contributed by atoms with Gasteiger partial charge in [-0.05, 0) is 24.3 Å². The van der Waals surface area contributed by atoms with E-state index in [1.54, 1.807) is 17.5 Å². The Kier molecular flexibility index (Phi) is 2.33.